The number of nitrogens with two attached hydrogens (primary N) is 1. The van der Waals surface area contributed by atoms with E-state index in [1.54, 1.807) is 6.07 Å². The number of aliphatic carboxylic acids is 1. The smallest absolute Gasteiger partial charge is 0.417 e. The van der Waals surface area contributed by atoms with Gasteiger partial charge in [-0.15, -0.1) is 0 Å². The Hall–Kier alpha value is -3.44. The fourth-order valence-electron chi connectivity index (χ4n) is 4.45. The number of nitriles is 1. The van der Waals surface area contributed by atoms with Crippen molar-refractivity contribution in [3.8, 4) is 11.8 Å². The molecule has 2 fully saturated rings. The Morgan fingerprint density at radius 2 is 2.03 bits per heavy atom. The molecule has 2 aliphatic rings. The molecule has 3 N–H and O–H groups in total. The first kappa shape index (κ1) is 23.7. The first-order valence-electron chi connectivity index (χ1n) is 9.98. The molecule has 4 atom stereocenters. The number of likely N-dealkylation sites (tertiary alicyclic amines) is 1. The second-order valence-corrected chi connectivity index (χ2v) is 10.4. The Morgan fingerprint density at radius 1 is 1.32 bits per heavy atom. The summed E-state index contributed by atoms with van der Waals surface area (Å²) in [6, 6.07) is 3.57. The molecule has 1 saturated carbocycles. The number of carboxylic acids is 1. The summed E-state index contributed by atoms with van der Waals surface area (Å²) in [5, 5.41) is 21.3. The van der Waals surface area contributed by atoms with Crippen LogP contribution in [0.1, 0.15) is 18.4 Å². The molecule has 14 heteroatoms. The van der Waals surface area contributed by atoms with Gasteiger partial charge in [-0.1, -0.05) is 0 Å². The number of carboxylic acid groups (broad SMARTS) is 1. The quantitative estimate of drug-likeness (QED) is 0.597. The van der Waals surface area contributed by atoms with Crippen LogP contribution in [0.15, 0.2) is 41.6 Å². The second kappa shape index (κ2) is 7.81. The van der Waals surface area contributed by atoms with Crippen molar-refractivity contribution >= 4 is 21.7 Å². The van der Waals surface area contributed by atoms with Crippen LogP contribution in [0, 0.1) is 16.7 Å². The topological polar surface area (TPSA) is 159 Å². The molecule has 2 aromatic rings. The summed E-state index contributed by atoms with van der Waals surface area (Å²) in [6.07, 6.45) is -2.86. The standard InChI is InChI=1S/C20H18F3N5O5S/c21-20(22,23)13-6-11(28-5-1-4-26-28)2-3-15(13)34(32,33)12-7-14(17(29)30)27(9-12)16-8-19(16,10-24)18(25)31/h1-6,12,14,16H,7-9H2,(H2,25,31)(H,29,30)/t12-,14+,16?,19?/m1/s1. The fraction of sp³-hybridized carbons (Fsp3) is 0.400. The number of primary amides is 1. The monoisotopic (exact) mass is 497 g/mol. The van der Waals surface area contributed by atoms with Gasteiger partial charge in [-0.05, 0) is 37.1 Å². The number of carbonyl (C=O) groups is 2. The molecule has 10 nitrogen and oxygen atoms in total. The van der Waals surface area contributed by atoms with Crippen molar-refractivity contribution in [1.82, 2.24) is 14.7 Å². The van der Waals surface area contributed by atoms with Crippen LogP contribution in [0.4, 0.5) is 13.2 Å². The summed E-state index contributed by atoms with van der Waals surface area (Å²) in [4.78, 5) is 23.7. The number of sulfone groups is 1. The highest BCUT2D eigenvalue weighted by molar-refractivity contribution is 7.92. The lowest BCUT2D eigenvalue weighted by Crippen LogP contribution is -2.42. The van der Waals surface area contributed by atoms with E-state index in [1.807, 2.05) is 0 Å². The Kier molecular flexibility index (Phi) is 5.45. The molecule has 180 valence electrons. The van der Waals surface area contributed by atoms with Gasteiger partial charge < -0.3 is 10.8 Å². The minimum atomic E-state index is -5.02. The van der Waals surface area contributed by atoms with Crippen molar-refractivity contribution in [2.45, 2.75) is 41.2 Å². The van der Waals surface area contributed by atoms with E-state index in [4.69, 9.17) is 5.73 Å². The SMILES string of the molecule is N#CC1(C(N)=O)CC1N1C[C@H](S(=O)(=O)c2ccc(-n3cccn3)cc2C(F)(F)F)C[C@H]1C(=O)O. The van der Waals surface area contributed by atoms with Crippen LogP contribution in [0.5, 0.6) is 0 Å². The molecule has 1 aliphatic heterocycles. The molecular weight excluding hydrogens is 479 g/mol. The maximum Gasteiger partial charge on any atom is 0.417 e. The average Bonchev–Trinajstić information content (AvgIpc) is 3.11. The van der Waals surface area contributed by atoms with E-state index in [9.17, 15) is 41.5 Å². The number of benzene rings is 1. The van der Waals surface area contributed by atoms with E-state index in [2.05, 4.69) is 5.10 Å². The van der Waals surface area contributed by atoms with Gasteiger partial charge in [0.15, 0.2) is 15.3 Å². The second-order valence-electron chi connectivity index (χ2n) is 8.25. The van der Waals surface area contributed by atoms with Crippen LogP contribution in [-0.2, 0) is 25.6 Å². The van der Waals surface area contributed by atoms with Crippen molar-refractivity contribution in [3.05, 3.63) is 42.2 Å². The zero-order valence-electron chi connectivity index (χ0n) is 17.3. The highest BCUT2D eigenvalue weighted by Crippen LogP contribution is 2.51. The molecule has 34 heavy (non-hydrogen) atoms. The molecule has 0 spiro atoms. The number of amides is 1. The molecular formula is C20H18F3N5O5S. The van der Waals surface area contributed by atoms with Crippen LogP contribution in [0.3, 0.4) is 0 Å². The summed E-state index contributed by atoms with van der Waals surface area (Å²) >= 11 is 0. The molecule has 1 saturated heterocycles. The molecule has 4 rings (SSSR count). The molecule has 1 amide bonds. The van der Waals surface area contributed by atoms with Crippen LogP contribution in [0.2, 0.25) is 0 Å². The minimum absolute atomic E-state index is 0.00835. The number of halogens is 3. The summed E-state index contributed by atoms with van der Waals surface area (Å²) < 4.78 is 69.4. The lowest BCUT2D eigenvalue weighted by Gasteiger charge is -2.22. The normalized spacial score (nSPS) is 27.3. The lowest BCUT2D eigenvalue weighted by molar-refractivity contribution is -0.143. The number of hydrogen-bond donors (Lipinski definition) is 2. The molecule has 2 unspecified atom stereocenters. The van der Waals surface area contributed by atoms with Gasteiger partial charge in [0.05, 0.1) is 27.5 Å². The van der Waals surface area contributed by atoms with Crippen LogP contribution in [-0.4, -0.2) is 64.0 Å². The van der Waals surface area contributed by atoms with Gasteiger partial charge in [-0.2, -0.15) is 23.5 Å². The first-order chi connectivity index (χ1) is 15.8. The highest BCUT2D eigenvalue weighted by Gasteiger charge is 2.66. The lowest BCUT2D eigenvalue weighted by atomic mass is 10.1. The molecule has 1 aromatic heterocycles. The number of rotatable bonds is 6. The maximum absolute atomic E-state index is 13.9. The third-order valence-corrected chi connectivity index (χ3v) is 8.52. The van der Waals surface area contributed by atoms with E-state index in [-0.39, 0.29) is 12.1 Å². The van der Waals surface area contributed by atoms with Crippen molar-refractivity contribution < 1.29 is 36.3 Å². The zero-order valence-corrected chi connectivity index (χ0v) is 18.1. The predicted octanol–water partition coefficient (Wildman–Crippen LogP) is 0.960. The van der Waals surface area contributed by atoms with E-state index in [1.165, 1.54) is 29.4 Å². The molecule has 1 aromatic carbocycles. The van der Waals surface area contributed by atoms with E-state index in [0.29, 0.717) is 6.07 Å². The molecule has 1 aliphatic carbocycles. The number of alkyl halides is 3. The van der Waals surface area contributed by atoms with Crippen molar-refractivity contribution in [1.29, 1.82) is 5.26 Å². The number of carbonyl (C=O) groups excluding carboxylic acids is 1. The van der Waals surface area contributed by atoms with Crippen molar-refractivity contribution in [2.75, 3.05) is 6.54 Å². The van der Waals surface area contributed by atoms with Crippen LogP contribution < -0.4 is 5.73 Å². The Labute approximate surface area is 191 Å². The minimum Gasteiger partial charge on any atom is -0.480 e. The summed E-state index contributed by atoms with van der Waals surface area (Å²) in [5.74, 6) is -2.38. The van der Waals surface area contributed by atoms with Crippen LogP contribution in [0.25, 0.3) is 5.69 Å². The van der Waals surface area contributed by atoms with Gasteiger partial charge >= 0.3 is 12.1 Å². The number of nitrogens with zero attached hydrogens (tertiary/aromatic N) is 4. The van der Waals surface area contributed by atoms with Gasteiger partial charge in [-0.25, -0.2) is 13.1 Å². The predicted molar refractivity (Wildman–Crippen MR) is 108 cm³/mol. The van der Waals surface area contributed by atoms with Gasteiger partial charge in [0.1, 0.15) is 6.04 Å². The summed E-state index contributed by atoms with van der Waals surface area (Å²) in [5.41, 5.74) is 2.20. The first-order valence-corrected chi connectivity index (χ1v) is 11.5. The van der Waals surface area contributed by atoms with Gasteiger partial charge in [0.2, 0.25) is 5.91 Å². The Balaban J connectivity index is 1.72. The Bertz CT molecular complexity index is 1300. The fourth-order valence-corrected chi connectivity index (χ4v) is 6.35. The Morgan fingerprint density at radius 3 is 2.53 bits per heavy atom. The van der Waals surface area contributed by atoms with E-state index in [0.717, 1.165) is 10.7 Å². The van der Waals surface area contributed by atoms with E-state index < -0.39 is 74.1 Å². The van der Waals surface area contributed by atoms with Crippen molar-refractivity contribution in [3.63, 3.8) is 0 Å². The van der Waals surface area contributed by atoms with Crippen LogP contribution >= 0.6 is 0 Å². The molecule has 0 bridgehead atoms. The molecule has 2 heterocycles. The van der Waals surface area contributed by atoms with Gasteiger partial charge in [0.25, 0.3) is 0 Å². The average molecular weight is 497 g/mol. The largest absolute Gasteiger partial charge is 0.480 e. The molecule has 0 radical (unpaired) electrons. The third-order valence-electron chi connectivity index (χ3n) is 6.33. The zero-order chi connectivity index (χ0) is 25.1. The maximum atomic E-state index is 13.9. The van der Waals surface area contributed by atoms with Gasteiger partial charge in [-0.3, -0.25) is 14.5 Å². The highest BCUT2D eigenvalue weighted by atomic mass is 32.2. The third kappa shape index (κ3) is 3.70. The summed E-state index contributed by atoms with van der Waals surface area (Å²) in [6.45, 7) is -0.459. The number of aromatic nitrogens is 2. The number of hydrogen-bond acceptors (Lipinski definition) is 7. The van der Waals surface area contributed by atoms with E-state index >= 15 is 0 Å². The summed E-state index contributed by atoms with van der Waals surface area (Å²) in [7, 11) is -4.66. The van der Waals surface area contributed by atoms with Crippen molar-refractivity contribution in [2.24, 2.45) is 11.1 Å². The van der Waals surface area contributed by atoms with Gasteiger partial charge in [0, 0.05) is 25.0 Å².